The largest absolute Gasteiger partial charge is 0.330 e. The molecule has 0 aliphatic heterocycles. The number of unbranched alkanes of at least 4 members (excludes halogenated alkanes) is 1. The summed E-state index contributed by atoms with van der Waals surface area (Å²) in [6.45, 7) is 0.665. The Morgan fingerprint density at radius 1 is 1.36 bits per heavy atom. The van der Waals surface area contributed by atoms with E-state index in [1.807, 2.05) is 0 Å². The maximum atomic E-state index is 11.5. The van der Waals surface area contributed by atoms with Gasteiger partial charge in [-0.1, -0.05) is 15.9 Å². The molecule has 0 N–H and O–H groups in total. The predicted molar refractivity (Wildman–Crippen MR) is 59.0 cm³/mol. The van der Waals surface area contributed by atoms with Crippen LogP contribution in [0.2, 0.25) is 0 Å². The van der Waals surface area contributed by atoms with Gasteiger partial charge in [0.05, 0.1) is 0 Å². The highest BCUT2D eigenvalue weighted by atomic mass is 79.9. The molecule has 0 aliphatic rings. The van der Waals surface area contributed by atoms with Gasteiger partial charge in [-0.25, -0.2) is 4.79 Å². The Kier molecular flexibility index (Phi) is 4.13. The quantitative estimate of drug-likeness (QED) is 0.592. The second-order valence-corrected chi connectivity index (χ2v) is 3.88. The number of rotatable bonds is 4. The van der Waals surface area contributed by atoms with Crippen molar-refractivity contribution in [2.45, 2.75) is 19.4 Å². The fourth-order valence-electron chi connectivity index (χ4n) is 1.16. The van der Waals surface area contributed by atoms with Gasteiger partial charge in [-0.05, 0) is 12.8 Å². The number of halogens is 1. The van der Waals surface area contributed by atoms with E-state index in [1.165, 1.54) is 13.1 Å². The molecule has 4 nitrogen and oxygen atoms in total. The summed E-state index contributed by atoms with van der Waals surface area (Å²) in [5, 5.41) is 0.938. The monoisotopic (exact) mass is 260 g/mol. The number of nitrogens with zero attached hydrogens (tertiary/aromatic N) is 2. The molecule has 0 spiro atoms. The van der Waals surface area contributed by atoms with Crippen LogP contribution in [-0.2, 0) is 13.6 Å². The smallest absolute Gasteiger partial charge is 0.300 e. The van der Waals surface area contributed by atoms with Crippen LogP contribution in [0.25, 0.3) is 0 Å². The lowest BCUT2D eigenvalue weighted by Crippen LogP contribution is -2.36. The van der Waals surface area contributed by atoms with Crippen molar-refractivity contribution in [3.05, 3.63) is 33.1 Å². The Morgan fingerprint density at radius 2 is 2.07 bits per heavy atom. The molecule has 14 heavy (non-hydrogen) atoms. The Labute approximate surface area is 90.3 Å². The van der Waals surface area contributed by atoms with E-state index in [0.29, 0.717) is 6.54 Å². The van der Waals surface area contributed by atoms with Crippen LogP contribution in [0.3, 0.4) is 0 Å². The molecule has 0 radical (unpaired) electrons. The highest BCUT2D eigenvalue weighted by molar-refractivity contribution is 9.09. The molecule has 0 saturated carbocycles. The second kappa shape index (κ2) is 5.14. The highest BCUT2D eigenvalue weighted by Gasteiger charge is 1.99. The molecule has 0 aromatic carbocycles. The van der Waals surface area contributed by atoms with Crippen molar-refractivity contribution in [3.8, 4) is 0 Å². The fourth-order valence-corrected chi connectivity index (χ4v) is 1.56. The molecule has 0 atom stereocenters. The zero-order valence-corrected chi connectivity index (χ0v) is 9.66. The van der Waals surface area contributed by atoms with Gasteiger partial charge in [-0.2, -0.15) is 0 Å². The number of alkyl halides is 1. The SMILES string of the molecule is Cn1c(=O)ccn(CCCCBr)c1=O. The molecule has 78 valence electrons. The number of aromatic nitrogens is 2. The van der Waals surface area contributed by atoms with E-state index in [-0.39, 0.29) is 11.2 Å². The summed E-state index contributed by atoms with van der Waals surface area (Å²) in [7, 11) is 1.49. The second-order valence-electron chi connectivity index (χ2n) is 3.09. The molecule has 1 aromatic rings. The van der Waals surface area contributed by atoms with Crippen LogP contribution in [0.5, 0.6) is 0 Å². The minimum atomic E-state index is -0.258. The van der Waals surface area contributed by atoms with Crippen molar-refractivity contribution in [1.82, 2.24) is 9.13 Å². The highest BCUT2D eigenvalue weighted by Crippen LogP contribution is 1.95. The third-order valence-corrected chi connectivity index (χ3v) is 2.60. The van der Waals surface area contributed by atoms with Gasteiger partial charge in [0.1, 0.15) is 0 Å². The summed E-state index contributed by atoms with van der Waals surface area (Å²) in [4.78, 5) is 22.6. The molecule has 1 aromatic heterocycles. The minimum absolute atomic E-state index is 0.243. The van der Waals surface area contributed by atoms with Crippen LogP contribution in [0.15, 0.2) is 21.9 Å². The van der Waals surface area contributed by atoms with Crippen LogP contribution < -0.4 is 11.2 Å². The zero-order valence-electron chi connectivity index (χ0n) is 8.07. The van der Waals surface area contributed by atoms with Crippen LogP contribution >= 0.6 is 15.9 Å². The van der Waals surface area contributed by atoms with E-state index in [1.54, 1.807) is 10.8 Å². The first-order valence-corrected chi connectivity index (χ1v) is 5.61. The van der Waals surface area contributed by atoms with E-state index in [0.717, 1.165) is 22.7 Å². The molecule has 0 unspecified atom stereocenters. The lowest BCUT2D eigenvalue weighted by atomic mass is 10.3. The van der Waals surface area contributed by atoms with Gasteiger partial charge in [0.15, 0.2) is 0 Å². The van der Waals surface area contributed by atoms with Crippen molar-refractivity contribution in [2.24, 2.45) is 7.05 Å². The Morgan fingerprint density at radius 3 is 2.71 bits per heavy atom. The van der Waals surface area contributed by atoms with Gasteiger partial charge in [0.2, 0.25) is 0 Å². The van der Waals surface area contributed by atoms with Gasteiger partial charge >= 0.3 is 5.69 Å². The van der Waals surface area contributed by atoms with Crippen molar-refractivity contribution in [2.75, 3.05) is 5.33 Å². The van der Waals surface area contributed by atoms with E-state index in [9.17, 15) is 9.59 Å². The van der Waals surface area contributed by atoms with E-state index >= 15 is 0 Å². The summed E-state index contributed by atoms with van der Waals surface area (Å²) in [5.41, 5.74) is -0.501. The number of aryl methyl sites for hydroxylation is 1. The standard InChI is InChI=1S/C9H13BrN2O2/c1-11-8(13)4-7-12(9(11)14)6-3-2-5-10/h4,7H,2-3,5-6H2,1H3. The van der Waals surface area contributed by atoms with Crippen molar-refractivity contribution >= 4 is 15.9 Å². The summed E-state index contributed by atoms with van der Waals surface area (Å²) in [6.07, 6.45) is 3.51. The molecule has 1 rings (SSSR count). The first-order valence-electron chi connectivity index (χ1n) is 4.49. The average Bonchev–Trinajstić information content (AvgIpc) is 2.18. The number of hydrogen-bond donors (Lipinski definition) is 0. The first-order chi connectivity index (χ1) is 6.66. The summed E-state index contributed by atoms with van der Waals surface area (Å²) in [5.74, 6) is 0. The first kappa shape index (κ1) is 11.2. The topological polar surface area (TPSA) is 44.0 Å². The summed E-state index contributed by atoms with van der Waals surface area (Å²) >= 11 is 3.32. The molecule has 0 fully saturated rings. The third kappa shape index (κ3) is 2.57. The molecule has 0 aliphatic carbocycles. The van der Waals surface area contributed by atoms with Gasteiger partial charge < -0.3 is 4.57 Å². The number of hydrogen-bond acceptors (Lipinski definition) is 2. The zero-order chi connectivity index (χ0) is 10.6. The lowest BCUT2D eigenvalue weighted by Gasteiger charge is -2.05. The van der Waals surface area contributed by atoms with Crippen molar-refractivity contribution in [1.29, 1.82) is 0 Å². The van der Waals surface area contributed by atoms with Crippen molar-refractivity contribution < 1.29 is 0 Å². The van der Waals surface area contributed by atoms with Gasteiger partial charge in [-0.15, -0.1) is 0 Å². The molecule has 0 saturated heterocycles. The van der Waals surface area contributed by atoms with Crippen molar-refractivity contribution in [3.63, 3.8) is 0 Å². The van der Waals surface area contributed by atoms with E-state index in [2.05, 4.69) is 15.9 Å². The normalized spacial score (nSPS) is 10.4. The van der Waals surface area contributed by atoms with Crippen LogP contribution in [-0.4, -0.2) is 14.5 Å². The van der Waals surface area contributed by atoms with Gasteiger partial charge in [-0.3, -0.25) is 9.36 Å². The molecule has 1 heterocycles. The molecule has 0 bridgehead atoms. The maximum Gasteiger partial charge on any atom is 0.330 e. The minimum Gasteiger partial charge on any atom is -0.300 e. The van der Waals surface area contributed by atoms with Crippen LogP contribution in [0, 0.1) is 0 Å². The van der Waals surface area contributed by atoms with Crippen LogP contribution in [0.4, 0.5) is 0 Å². The lowest BCUT2D eigenvalue weighted by molar-refractivity contribution is 0.568. The Bertz CT molecular complexity index is 408. The molecule has 0 amide bonds. The fraction of sp³-hybridized carbons (Fsp3) is 0.556. The average molecular weight is 261 g/mol. The predicted octanol–water partition coefficient (Wildman–Crippen LogP) is 0.722. The third-order valence-electron chi connectivity index (χ3n) is 2.04. The maximum absolute atomic E-state index is 11.5. The Balaban J connectivity index is 2.84. The summed E-state index contributed by atoms with van der Waals surface area (Å²) in [6, 6.07) is 1.41. The van der Waals surface area contributed by atoms with Crippen LogP contribution in [0.1, 0.15) is 12.8 Å². The van der Waals surface area contributed by atoms with Gasteiger partial charge in [0.25, 0.3) is 5.56 Å². The Hall–Kier alpha value is -0.840. The van der Waals surface area contributed by atoms with E-state index < -0.39 is 0 Å². The molecule has 5 heteroatoms. The molecular formula is C9H13BrN2O2. The molecular weight excluding hydrogens is 248 g/mol. The van der Waals surface area contributed by atoms with Gasteiger partial charge in [0, 0.05) is 31.2 Å². The van der Waals surface area contributed by atoms with E-state index in [4.69, 9.17) is 0 Å². The summed E-state index contributed by atoms with van der Waals surface area (Å²) < 4.78 is 2.68.